The number of nitrogens with two attached hydrogens (primary N) is 1. The summed E-state index contributed by atoms with van der Waals surface area (Å²) >= 11 is 1.59. The van der Waals surface area contributed by atoms with Gasteiger partial charge in [0, 0.05) is 25.3 Å². The van der Waals surface area contributed by atoms with Gasteiger partial charge in [-0.3, -0.25) is 23.9 Å². The van der Waals surface area contributed by atoms with E-state index < -0.39 is 22.2 Å². The predicted octanol–water partition coefficient (Wildman–Crippen LogP) is 1.22. The standard InChI is InChI=1S/C20H31N5O4S/c1-11(2)8-23(15-16(21)24(9-12(3)4)19(29)22-17(15)27)18(28)13-10-30-20(5)7-6-14(26)25(13)20/h11-13H,6-10,21H2,1-5H3,(H,22,27,29)/t13-,20-/m0/s1. The van der Waals surface area contributed by atoms with Crippen molar-refractivity contribution in [3.8, 4) is 0 Å². The number of aromatic amines is 1. The average molecular weight is 438 g/mol. The van der Waals surface area contributed by atoms with Gasteiger partial charge >= 0.3 is 5.69 Å². The number of carbonyl (C=O) groups excluding carboxylic acids is 2. The second-order valence-electron chi connectivity index (χ2n) is 9.11. The highest BCUT2D eigenvalue weighted by Crippen LogP contribution is 2.47. The quantitative estimate of drug-likeness (QED) is 0.690. The fraction of sp³-hybridized carbons (Fsp3) is 0.700. The third-order valence-corrected chi connectivity index (χ3v) is 7.08. The summed E-state index contributed by atoms with van der Waals surface area (Å²) in [6.07, 6.45) is 1.12. The minimum absolute atomic E-state index is 0.0146. The summed E-state index contributed by atoms with van der Waals surface area (Å²) in [5.41, 5.74) is 4.98. The van der Waals surface area contributed by atoms with Crippen LogP contribution in [0.25, 0.3) is 0 Å². The van der Waals surface area contributed by atoms with E-state index in [4.69, 9.17) is 5.73 Å². The van der Waals surface area contributed by atoms with Gasteiger partial charge < -0.3 is 15.5 Å². The first kappa shape index (κ1) is 22.5. The first-order chi connectivity index (χ1) is 14.0. The first-order valence-electron chi connectivity index (χ1n) is 10.4. The molecule has 166 valence electrons. The van der Waals surface area contributed by atoms with Crippen LogP contribution in [0.5, 0.6) is 0 Å². The molecular weight excluding hydrogens is 406 g/mol. The Hall–Kier alpha value is -2.23. The smallest absolute Gasteiger partial charge is 0.330 e. The molecule has 0 aromatic carbocycles. The van der Waals surface area contributed by atoms with E-state index in [1.54, 1.807) is 16.7 Å². The van der Waals surface area contributed by atoms with E-state index in [2.05, 4.69) is 4.98 Å². The van der Waals surface area contributed by atoms with Crippen LogP contribution in [0.4, 0.5) is 11.5 Å². The van der Waals surface area contributed by atoms with Gasteiger partial charge in [0.1, 0.15) is 11.9 Å². The highest BCUT2D eigenvalue weighted by atomic mass is 32.2. The zero-order valence-electron chi connectivity index (χ0n) is 18.2. The van der Waals surface area contributed by atoms with Gasteiger partial charge in [0.25, 0.3) is 11.5 Å². The van der Waals surface area contributed by atoms with Gasteiger partial charge in [-0.2, -0.15) is 0 Å². The molecule has 0 radical (unpaired) electrons. The number of rotatable bonds is 6. The summed E-state index contributed by atoms with van der Waals surface area (Å²) in [7, 11) is 0. The molecule has 3 N–H and O–H groups in total. The molecule has 2 aliphatic heterocycles. The molecule has 0 bridgehead atoms. The van der Waals surface area contributed by atoms with Crippen LogP contribution in [0.1, 0.15) is 47.5 Å². The number of hydrogen-bond acceptors (Lipinski definition) is 6. The number of fused-ring (bicyclic) bond motifs is 1. The van der Waals surface area contributed by atoms with E-state index >= 15 is 0 Å². The van der Waals surface area contributed by atoms with Crippen molar-refractivity contribution >= 4 is 35.1 Å². The maximum atomic E-state index is 13.7. The lowest BCUT2D eigenvalue weighted by Crippen LogP contribution is -2.53. The molecular formula is C20H31N5O4S. The summed E-state index contributed by atoms with van der Waals surface area (Å²) < 4.78 is 1.30. The van der Waals surface area contributed by atoms with Crippen LogP contribution in [0, 0.1) is 11.8 Å². The van der Waals surface area contributed by atoms with Crippen LogP contribution in [0.2, 0.25) is 0 Å². The van der Waals surface area contributed by atoms with Crippen LogP contribution >= 0.6 is 11.8 Å². The molecule has 0 unspecified atom stereocenters. The minimum Gasteiger partial charge on any atom is -0.383 e. The highest BCUT2D eigenvalue weighted by molar-refractivity contribution is 8.01. The Bertz CT molecular complexity index is 969. The van der Waals surface area contributed by atoms with Crippen molar-refractivity contribution in [2.24, 2.45) is 11.8 Å². The summed E-state index contributed by atoms with van der Waals surface area (Å²) in [4.78, 5) is 56.2. The number of anilines is 2. The third-order valence-electron chi connectivity index (χ3n) is 5.58. The summed E-state index contributed by atoms with van der Waals surface area (Å²) in [5.74, 6) is 0.242. The average Bonchev–Trinajstić information content (AvgIpc) is 3.12. The number of thioether (sulfide) groups is 1. The number of nitrogens with zero attached hydrogens (tertiary/aromatic N) is 3. The van der Waals surface area contributed by atoms with Crippen molar-refractivity contribution < 1.29 is 9.59 Å². The normalized spacial score (nSPS) is 23.5. The topological polar surface area (TPSA) is 121 Å². The van der Waals surface area contributed by atoms with Gasteiger partial charge in [0.15, 0.2) is 5.69 Å². The van der Waals surface area contributed by atoms with Gasteiger partial charge in [0.05, 0.1) is 4.87 Å². The Balaban J connectivity index is 2.08. The maximum Gasteiger partial charge on any atom is 0.330 e. The molecule has 9 nitrogen and oxygen atoms in total. The van der Waals surface area contributed by atoms with Crippen LogP contribution in [-0.4, -0.2) is 49.5 Å². The molecule has 0 aliphatic carbocycles. The molecule has 2 atom stereocenters. The molecule has 2 fully saturated rings. The van der Waals surface area contributed by atoms with Gasteiger partial charge in [-0.1, -0.05) is 27.7 Å². The molecule has 0 saturated carbocycles. The zero-order valence-corrected chi connectivity index (χ0v) is 19.0. The molecule has 0 spiro atoms. The lowest BCUT2D eigenvalue weighted by Gasteiger charge is -2.34. The van der Waals surface area contributed by atoms with E-state index in [0.29, 0.717) is 25.1 Å². The third kappa shape index (κ3) is 3.89. The fourth-order valence-corrected chi connectivity index (χ4v) is 5.65. The van der Waals surface area contributed by atoms with Crippen molar-refractivity contribution in [2.45, 2.75) is 64.9 Å². The van der Waals surface area contributed by atoms with Crippen LogP contribution in [0.15, 0.2) is 9.59 Å². The Morgan fingerprint density at radius 2 is 1.93 bits per heavy atom. The van der Waals surface area contributed by atoms with E-state index in [-0.39, 0.29) is 41.7 Å². The second kappa shape index (κ2) is 8.13. The van der Waals surface area contributed by atoms with E-state index in [9.17, 15) is 19.2 Å². The second-order valence-corrected chi connectivity index (χ2v) is 10.6. The number of aromatic nitrogens is 2. The van der Waals surface area contributed by atoms with Crippen molar-refractivity contribution in [3.63, 3.8) is 0 Å². The Morgan fingerprint density at radius 1 is 1.27 bits per heavy atom. The maximum absolute atomic E-state index is 13.7. The Kier molecular flexibility index (Phi) is 6.08. The van der Waals surface area contributed by atoms with Crippen molar-refractivity contribution in [2.75, 3.05) is 22.9 Å². The van der Waals surface area contributed by atoms with Crippen molar-refractivity contribution in [1.29, 1.82) is 0 Å². The van der Waals surface area contributed by atoms with Gasteiger partial charge in [-0.25, -0.2) is 4.79 Å². The minimum atomic E-state index is -0.687. The number of carbonyl (C=O) groups is 2. The summed E-state index contributed by atoms with van der Waals surface area (Å²) in [5, 5.41) is 0. The van der Waals surface area contributed by atoms with E-state index in [1.165, 1.54) is 9.47 Å². The van der Waals surface area contributed by atoms with Gasteiger partial charge in [-0.15, -0.1) is 11.8 Å². The summed E-state index contributed by atoms with van der Waals surface area (Å²) in [6.45, 7) is 10.3. The number of nitrogens with one attached hydrogen (secondary N) is 1. The lowest BCUT2D eigenvalue weighted by atomic mass is 10.1. The number of hydrogen-bond donors (Lipinski definition) is 2. The van der Waals surface area contributed by atoms with Crippen LogP contribution in [-0.2, 0) is 16.1 Å². The van der Waals surface area contributed by atoms with Gasteiger partial charge in [-0.05, 0) is 25.2 Å². The molecule has 2 amide bonds. The predicted molar refractivity (Wildman–Crippen MR) is 118 cm³/mol. The van der Waals surface area contributed by atoms with Gasteiger partial charge in [0.2, 0.25) is 5.91 Å². The lowest BCUT2D eigenvalue weighted by molar-refractivity contribution is -0.136. The molecule has 10 heteroatoms. The number of nitrogen functional groups attached to an aromatic ring is 1. The molecule has 3 heterocycles. The monoisotopic (exact) mass is 437 g/mol. The largest absolute Gasteiger partial charge is 0.383 e. The van der Waals surface area contributed by atoms with E-state index in [0.717, 1.165) is 0 Å². The Morgan fingerprint density at radius 3 is 2.53 bits per heavy atom. The molecule has 2 aliphatic rings. The van der Waals surface area contributed by atoms with E-state index in [1.807, 2.05) is 34.6 Å². The number of H-pyrrole nitrogens is 1. The highest BCUT2D eigenvalue weighted by Gasteiger charge is 2.54. The molecule has 3 rings (SSSR count). The molecule has 30 heavy (non-hydrogen) atoms. The first-order valence-corrected chi connectivity index (χ1v) is 11.3. The summed E-state index contributed by atoms with van der Waals surface area (Å²) in [6, 6.07) is -0.655. The molecule has 2 saturated heterocycles. The fourth-order valence-electron chi connectivity index (χ4n) is 4.22. The molecule has 1 aromatic heterocycles. The van der Waals surface area contributed by atoms with Crippen molar-refractivity contribution in [1.82, 2.24) is 14.5 Å². The van der Waals surface area contributed by atoms with Crippen molar-refractivity contribution in [3.05, 3.63) is 20.8 Å². The SMILES string of the molecule is CC(C)CN(C(=O)[C@@H]1CS[C@@]2(C)CCC(=O)N12)c1c(N)n(CC(C)C)c(=O)[nH]c1=O. The van der Waals surface area contributed by atoms with Crippen LogP contribution < -0.4 is 21.9 Å². The van der Waals surface area contributed by atoms with Crippen LogP contribution in [0.3, 0.4) is 0 Å². The molecule has 1 aromatic rings. The number of amides is 2. The zero-order chi connectivity index (χ0) is 22.4. The Labute approximate surface area is 180 Å².